The minimum Gasteiger partial charge on any atom is -0.468 e. The van der Waals surface area contributed by atoms with E-state index in [1.807, 2.05) is 20.8 Å². The van der Waals surface area contributed by atoms with Crippen LogP contribution in [0.4, 0.5) is 0 Å². The van der Waals surface area contributed by atoms with Gasteiger partial charge in [0.25, 0.3) is 6.47 Å². The lowest BCUT2D eigenvalue weighted by Gasteiger charge is -2.10. The third-order valence-corrected chi connectivity index (χ3v) is 2.49. The van der Waals surface area contributed by atoms with Gasteiger partial charge in [0.2, 0.25) is 0 Å². The fraction of sp³-hybridized carbons (Fsp3) is 0.833. The summed E-state index contributed by atoms with van der Waals surface area (Å²) in [7, 11) is 0. The third kappa shape index (κ3) is 32.6. The fourth-order valence-electron chi connectivity index (χ4n) is 1.61. The average Bonchev–Trinajstić information content (AvgIpc) is 2.94. The summed E-state index contributed by atoms with van der Waals surface area (Å²) >= 11 is 0. The van der Waals surface area contributed by atoms with E-state index in [2.05, 4.69) is 30.5 Å². The van der Waals surface area contributed by atoms with Gasteiger partial charge in [0.05, 0.1) is 6.61 Å². The number of allylic oxidation sites excluding steroid dienone is 1. The van der Waals surface area contributed by atoms with Crippen LogP contribution >= 0.6 is 0 Å². The monoisotopic (exact) mass is 303 g/mol. The molecule has 0 saturated carbocycles. The standard InChI is InChI=1S/C9H19N.C3H6O2.C3H6.C2H6.CH4/c1-8(2)5-6-9-4-3-7-10-9;1-2-5-3-4;1-3-2;1-2;/h8-10H,3-7H2,1-2H3;3H,2H2,1H3;3H,1H2,2H3;1-2H3;1H4. The highest BCUT2D eigenvalue weighted by atomic mass is 16.5. The van der Waals surface area contributed by atoms with E-state index >= 15 is 0 Å². The number of hydrogen-bond acceptors (Lipinski definition) is 3. The first-order chi connectivity index (χ1) is 9.62. The first-order valence-corrected chi connectivity index (χ1v) is 7.97. The maximum atomic E-state index is 9.18. The SMILES string of the molecule is C.C=CC.CC.CC(C)CCC1CCCN1.CCOC=O. The largest absolute Gasteiger partial charge is 0.468 e. The molecule has 1 fully saturated rings. The van der Waals surface area contributed by atoms with Crippen LogP contribution in [0.2, 0.25) is 0 Å². The van der Waals surface area contributed by atoms with Crippen LogP contribution in [0.5, 0.6) is 0 Å². The number of hydrogen-bond donors (Lipinski definition) is 1. The number of ether oxygens (including phenoxy) is 1. The maximum absolute atomic E-state index is 9.18. The highest BCUT2D eigenvalue weighted by molar-refractivity contribution is 5.36. The summed E-state index contributed by atoms with van der Waals surface area (Å²) in [5.74, 6) is 0.877. The molecule has 130 valence electrons. The molecule has 0 aromatic carbocycles. The first kappa shape index (κ1) is 28.3. The number of carbonyl (C=O) groups excluding carboxylic acids is 1. The molecule has 3 heteroatoms. The lowest BCUT2D eigenvalue weighted by Crippen LogP contribution is -2.21. The summed E-state index contributed by atoms with van der Waals surface area (Å²) in [5, 5.41) is 3.51. The van der Waals surface area contributed by atoms with E-state index in [1.54, 1.807) is 13.0 Å². The van der Waals surface area contributed by atoms with E-state index in [9.17, 15) is 4.79 Å². The quantitative estimate of drug-likeness (QED) is 0.560. The molecule has 0 aliphatic carbocycles. The number of nitrogens with one attached hydrogen (secondary N) is 1. The minimum atomic E-state index is 0. The van der Waals surface area contributed by atoms with Gasteiger partial charge in [-0.05, 0) is 52.0 Å². The zero-order valence-electron chi connectivity index (χ0n) is 14.6. The van der Waals surface area contributed by atoms with Crippen molar-refractivity contribution >= 4 is 6.47 Å². The van der Waals surface area contributed by atoms with E-state index in [1.165, 1.54) is 32.2 Å². The van der Waals surface area contributed by atoms with Crippen molar-refractivity contribution in [3.8, 4) is 0 Å². The van der Waals surface area contributed by atoms with Crippen LogP contribution in [-0.4, -0.2) is 25.7 Å². The molecule has 1 saturated heterocycles. The number of carbonyl (C=O) groups is 1. The summed E-state index contributed by atoms with van der Waals surface area (Å²) in [5.41, 5.74) is 0. The Morgan fingerprint density at radius 2 is 1.90 bits per heavy atom. The predicted octanol–water partition coefficient (Wildman–Crippen LogP) is 5.21. The van der Waals surface area contributed by atoms with Gasteiger partial charge in [-0.2, -0.15) is 0 Å². The molecule has 1 aliphatic heterocycles. The highest BCUT2D eigenvalue weighted by Gasteiger charge is 2.13. The van der Waals surface area contributed by atoms with Gasteiger partial charge in [-0.15, -0.1) is 6.58 Å². The van der Waals surface area contributed by atoms with Gasteiger partial charge in [0.1, 0.15) is 0 Å². The summed E-state index contributed by atoms with van der Waals surface area (Å²) in [6.45, 7) is 17.8. The number of rotatable bonds is 5. The Hall–Kier alpha value is -0.830. The Morgan fingerprint density at radius 1 is 1.38 bits per heavy atom. The molecule has 21 heavy (non-hydrogen) atoms. The zero-order chi connectivity index (χ0) is 16.2. The molecule has 1 aliphatic rings. The van der Waals surface area contributed by atoms with E-state index in [0.29, 0.717) is 13.1 Å². The molecule has 1 unspecified atom stereocenters. The van der Waals surface area contributed by atoms with Crippen molar-refractivity contribution in [3.63, 3.8) is 0 Å². The molecule has 0 radical (unpaired) electrons. The molecule has 0 spiro atoms. The van der Waals surface area contributed by atoms with Crippen molar-refractivity contribution in [2.24, 2.45) is 5.92 Å². The van der Waals surface area contributed by atoms with Crippen molar-refractivity contribution in [1.29, 1.82) is 0 Å². The van der Waals surface area contributed by atoms with Crippen LogP contribution < -0.4 is 5.32 Å². The second-order valence-corrected chi connectivity index (χ2v) is 4.72. The fourth-order valence-corrected chi connectivity index (χ4v) is 1.61. The van der Waals surface area contributed by atoms with Crippen molar-refractivity contribution in [2.45, 2.75) is 80.7 Å². The zero-order valence-corrected chi connectivity index (χ0v) is 14.6. The predicted molar refractivity (Wildman–Crippen MR) is 96.7 cm³/mol. The molecule has 1 atom stereocenters. The molecular weight excluding hydrogens is 262 g/mol. The van der Waals surface area contributed by atoms with E-state index in [4.69, 9.17) is 0 Å². The highest BCUT2D eigenvalue weighted by Crippen LogP contribution is 2.13. The van der Waals surface area contributed by atoms with Crippen molar-refractivity contribution in [2.75, 3.05) is 13.2 Å². The van der Waals surface area contributed by atoms with Crippen molar-refractivity contribution in [3.05, 3.63) is 12.7 Å². The molecular formula is C18H41NO2. The average molecular weight is 304 g/mol. The van der Waals surface area contributed by atoms with E-state index in [0.717, 1.165) is 12.0 Å². The van der Waals surface area contributed by atoms with Gasteiger partial charge < -0.3 is 10.1 Å². The smallest absolute Gasteiger partial charge is 0.293 e. The molecule has 1 N–H and O–H groups in total. The summed E-state index contributed by atoms with van der Waals surface area (Å²) < 4.78 is 4.15. The molecule has 3 nitrogen and oxygen atoms in total. The van der Waals surface area contributed by atoms with Crippen molar-refractivity contribution in [1.82, 2.24) is 5.32 Å². The van der Waals surface area contributed by atoms with Crippen LogP contribution in [0.15, 0.2) is 12.7 Å². The Labute approximate surface area is 134 Å². The lowest BCUT2D eigenvalue weighted by atomic mass is 10.0. The normalized spacial score (nSPS) is 14.9. The Kier molecular flexibility index (Phi) is 37.1. The molecule has 0 bridgehead atoms. The van der Waals surface area contributed by atoms with Crippen LogP contribution in [0, 0.1) is 5.92 Å². The van der Waals surface area contributed by atoms with E-state index < -0.39 is 0 Å². The summed E-state index contributed by atoms with van der Waals surface area (Å²) in [4.78, 5) is 9.18. The summed E-state index contributed by atoms with van der Waals surface area (Å²) in [6, 6.07) is 0.849. The van der Waals surface area contributed by atoms with Gasteiger partial charge in [0.15, 0.2) is 0 Å². The van der Waals surface area contributed by atoms with Crippen molar-refractivity contribution < 1.29 is 9.53 Å². The van der Waals surface area contributed by atoms with Gasteiger partial charge in [-0.1, -0.05) is 41.2 Å². The second-order valence-electron chi connectivity index (χ2n) is 4.72. The Bertz CT molecular complexity index is 176. The van der Waals surface area contributed by atoms with E-state index in [-0.39, 0.29) is 7.43 Å². The molecule has 0 aromatic rings. The maximum Gasteiger partial charge on any atom is 0.293 e. The Morgan fingerprint density at radius 3 is 2.14 bits per heavy atom. The first-order valence-electron chi connectivity index (χ1n) is 7.97. The van der Waals surface area contributed by atoms with Gasteiger partial charge >= 0.3 is 0 Å². The second kappa shape index (κ2) is 27.5. The van der Waals surface area contributed by atoms with Crippen LogP contribution in [0.25, 0.3) is 0 Å². The Balaban J connectivity index is -0.000000112. The van der Waals surface area contributed by atoms with Gasteiger partial charge in [-0.3, -0.25) is 4.79 Å². The minimum absolute atomic E-state index is 0. The van der Waals surface area contributed by atoms with Crippen LogP contribution in [0.1, 0.15) is 74.7 Å². The lowest BCUT2D eigenvalue weighted by molar-refractivity contribution is -0.128. The molecule has 1 rings (SSSR count). The molecule has 0 amide bonds. The molecule has 1 heterocycles. The molecule has 0 aromatic heterocycles. The van der Waals surface area contributed by atoms with Crippen LogP contribution in [0.3, 0.4) is 0 Å². The summed E-state index contributed by atoms with van der Waals surface area (Å²) in [6.07, 6.45) is 7.32. The third-order valence-electron chi connectivity index (χ3n) is 2.49. The van der Waals surface area contributed by atoms with Crippen LogP contribution in [-0.2, 0) is 9.53 Å². The topological polar surface area (TPSA) is 38.3 Å². The van der Waals surface area contributed by atoms with Gasteiger partial charge in [0, 0.05) is 6.04 Å². The van der Waals surface area contributed by atoms with Gasteiger partial charge in [-0.25, -0.2) is 0 Å².